The molecule has 2 aromatic heterocycles. The quantitative estimate of drug-likeness (QED) is 0.179. The molecule has 6 N–H and O–H groups in total. The van der Waals surface area contributed by atoms with Crippen LogP contribution in [0, 0.1) is 0 Å². The van der Waals surface area contributed by atoms with Crippen molar-refractivity contribution in [3.8, 4) is 11.1 Å². The summed E-state index contributed by atoms with van der Waals surface area (Å²) < 4.78 is 1.74. The van der Waals surface area contributed by atoms with E-state index in [0.29, 0.717) is 0 Å². The lowest BCUT2D eigenvalue weighted by molar-refractivity contribution is -0.118. The van der Waals surface area contributed by atoms with Crippen LogP contribution in [0.5, 0.6) is 0 Å². The fraction of sp³-hybridized carbons (Fsp3) is 0.370. The zero-order valence-corrected chi connectivity index (χ0v) is 21.5. The normalized spacial score (nSPS) is 16.1. The molecule has 4 rings (SSSR count). The number of nitrogens with zero attached hydrogens (tertiary/aromatic N) is 4. The molecule has 9 heteroatoms. The Morgan fingerprint density at radius 2 is 1.97 bits per heavy atom. The highest BCUT2D eigenvalue weighted by atomic mass is 16.2. The smallest absolute Gasteiger partial charge is 0.269 e. The van der Waals surface area contributed by atoms with Gasteiger partial charge in [0, 0.05) is 31.2 Å². The first-order valence-electron chi connectivity index (χ1n) is 12.3. The number of hydrogen-bond acceptors (Lipinski definition) is 7. The maximum absolute atomic E-state index is 12.9. The minimum atomic E-state index is -0.337. The summed E-state index contributed by atoms with van der Waals surface area (Å²) in [6, 6.07) is 10.4. The van der Waals surface area contributed by atoms with Crippen molar-refractivity contribution in [3.05, 3.63) is 71.9 Å². The van der Waals surface area contributed by atoms with E-state index >= 15 is 0 Å². The summed E-state index contributed by atoms with van der Waals surface area (Å²) in [6.45, 7) is 5.86. The second-order valence-corrected chi connectivity index (χ2v) is 10.3. The van der Waals surface area contributed by atoms with Gasteiger partial charge in [-0.15, -0.1) is 0 Å². The highest BCUT2D eigenvalue weighted by Crippen LogP contribution is 2.33. The van der Waals surface area contributed by atoms with Crippen molar-refractivity contribution in [1.82, 2.24) is 25.1 Å². The predicted octanol–water partition coefficient (Wildman–Crippen LogP) is 3.88. The number of fused-ring (bicyclic) bond motifs is 1. The van der Waals surface area contributed by atoms with Gasteiger partial charge in [0.2, 0.25) is 0 Å². The van der Waals surface area contributed by atoms with Crippen LogP contribution < -0.4 is 22.2 Å². The summed E-state index contributed by atoms with van der Waals surface area (Å²) in [5, 5.41) is 12.1. The van der Waals surface area contributed by atoms with Gasteiger partial charge in [0.1, 0.15) is 11.5 Å². The minimum absolute atomic E-state index is 0.0975. The van der Waals surface area contributed by atoms with Gasteiger partial charge >= 0.3 is 0 Å². The molecule has 3 aromatic rings. The van der Waals surface area contributed by atoms with Gasteiger partial charge in [-0.05, 0) is 74.4 Å². The molecule has 0 fully saturated rings. The summed E-state index contributed by atoms with van der Waals surface area (Å²) in [6.07, 6.45) is 10.9. The highest BCUT2D eigenvalue weighted by Gasteiger charge is 2.23. The summed E-state index contributed by atoms with van der Waals surface area (Å²) in [5.74, 6) is 6.48. The first-order chi connectivity index (χ1) is 17.1. The lowest BCUT2D eigenvalue weighted by atomic mass is 9.94. The molecule has 9 nitrogen and oxygen atoms in total. The van der Waals surface area contributed by atoms with Crippen LogP contribution in [0.25, 0.3) is 11.1 Å². The molecule has 190 valence electrons. The van der Waals surface area contributed by atoms with E-state index in [2.05, 4.69) is 38.9 Å². The van der Waals surface area contributed by atoms with E-state index in [1.165, 1.54) is 16.8 Å². The van der Waals surface area contributed by atoms with E-state index in [1.54, 1.807) is 17.1 Å². The van der Waals surface area contributed by atoms with Gasteiger partial charge < -0.3 is 21.4 Å². The van der Waals surface area contributed by atoms with Crippen LogP contribution in [-0.2, 0) is 18.3 Å². The van der Waals surface area contributed by atoms with E-state index < -0.39 is 0 Å². The molecule has 2 heterocycles. The SMILES string of the molecule is Cn1cc(Nc2cc(-c3ccc4c(c3)CCCC[C@H]4NC(=O)/C(N)=C/N(N)C(C)(C)C)ccn2)cn1. The van der Waals surface area contributed by atoms with Crippen molar-refractivity contribution < 1.29 is 4.79 Å². The number of anilines is 2. The average Bonchev–Trinajstić information content (AvgIpc) is 3.13. The lowest BCUT2D eigenvalue weighted by Gasteiger charge is -2.30. The van der Waals surface area contributed by atoms with E-state index in [9.17, 15) is 4.79 Å². The number of amides is 1. The largest absolute Gasteiger partial charge is 0.393 e. The molecule has 36 heavy (non-hydrogen) atoms. The Morgan fingerprint density at radius 3 is 2.69 bits per heavy atom. The molecule has 1 aliphatic rings. The third-order valence-corrected chi connectivity index (χ3v) is 6.40. The minimum Gasteiger partial charge on any atom is -0.393 e. The van der Waals surface area contributed by atoms with Crippen LogP contribution in [0.2, 0.25) is 0 Å². The van der Waals surface area contributed by atoms with Gasteiger partial charge in [-0.2, -0.15) is 5.10 Å². The molecule has 1 atom stereocenters. The zero-order valence-electron chi connectivity index (χ0n) is 21.5. The average molecular weight is 489 g/mol. The van der Waals surface area contributed by atoms with Crippen molar-refractivity contribution in [2.75, 3.05) is 5.32 Å². The van der Waals surface area contributed by atoms with Crippen molar-refractivity contribution in [3.63, 3.8) is 0 Å². The lowest BCUT2D eigenvalue weighted by Crippen LogP contribution is -2.44. The highest BCUT2D eigenvalue weighted by molar-refractivity contribution is 5.92. The standard InChI is InChI=1S/C27H36N8O/c1-27(2,3)35(29)17-23(28)26(36)33-24-8-6-5-7-20-13-18(9-10-22(20)24)19-11-12-30-25(14-19)32-21-15-31-34(4)16-21/h9-17,24H,5-8,28-29H2,1-4H3,(H,30,32)(H,33,36)/b23-17-/t24-/m1/s1. The molecule has 1 aromatic carbocycles. The summed E-state index contributed by atoms with van der Waals surface area (Å²) in [5.41, 5.74) is 11.3. The Balaban J connectivity index is 1.54. The number of aryl methyl sites for hydroxylation is 2. The van der Waals surface area contributed by atoms with Crippen LogP contribution in [0.15, 0.2) is 60.8 Å². The number of benzene rings is 1. The predicted molar refractivity (Wildman–Crippen MR) is 143 cm³/mol. The first kappa shape index (κ1) is 25.2. The Bertz CT molecular complexity index is 1260. The summed E-state index contributed by atoms with van der Waals surface area (Å²) >= 11 is 0. The molecule has 0 saturated carbocycles. The number of nitrogens with two attached hydrogens (primary N) is 2. The molecule has 0 aliphatic heterocycles. The molecule has 0 bridgehead atoms. The van der Waals surface area contributed by atoms with Gasteiger partial charge in [-0.1, -0.05) is 24.6 Å². The molecule has 1 aliphatic carbocycles. The van der Waals surface area contributed by atoms with Gasteiger partial charge in [-0.3, -0.25) is 9.48 Å². The fourth-order valence-corrected chi connectivity index (χ4v) is 4.27. The number of carbonyl (C=O) groups excluding carboxylic acids is 1. The van der Waals surface area contributed by atoms with Crippen LogP contribution in [0.1, 0.15) is 57.2 Å². The first-order valence-corrected chi connectivity index (χ1v) is 12.3. The van der Waals surface area contributed by atoms with E-state index in [-0.39, 0.29) is 23.2 Å². The Morgan fingerprint density at radius 1 is 1.19 bits per heavy atom. The number of hydrogen-bond donors (Lipinski definition) is 4. The van der Waals surface area contributed by atoms with Crippen LogP contribution in [-0.4, -0.2) is 31.2 Å². The van der Waals surface area contributed by atoms with E-state index in [0.717, 1.165) is 53.9 Å². The maximum Gasteiger partial charge on any atom is 0.269 e. The number of hydrazine groups is 1. The van der Waals surface area contributed by atoms with Gasteiger partial charge in [0.25, 0.3) is 5.91 Å². The maximum atomic E-state index is 12.9. The molecule has 0 unspecified atom stereocenters. The van der Waals surface area contributed by atoms with Gasteiger partial charge in [-0.25, -0.2) is 10.8 Å². The number of aromatic nitrogens is 3. The fourth-order valence-electron chi connectivity index (χ4n) is 4.27. The number of carbonyl (C=O) groups is 1. The summed E-state index contributed by atoms with van der Waals surface area (Å²) in [7, 11) is 1.88. The Kier molecular flexibility index (Phi) is 7.30. The molecule has 1 amide bonds. The number of pyridine rings is 1. The van der Waals surface area contributed by atoms with E-state index in [1.807, 2.05) is 46.1 Å². The van der Waals surface area contributed by atoms with Crippen molar-refractivity contribution in [2.24, 2.45) is 18.6 Å². The second kappa shape index (κ2) is 10.4. The van der Waals surface area contributed by atoms with Gasteiger partial charge in [0.05, 0.1) is 17.9 Å². The third-order valence-electron chi connectivity index (χ3n) is 6.40. The monoisotopic (exact) mass is 488 g/mol. The molecule has 0 radical (unpaired) electrons. The third kappa shape index (κ3) is 6.04. The summed E-state index contributed by atoms with van der Waals surface area (Å²) in [4.78, 5) is 17.3. The Labute approximate surface area is 212 Å². The molecule has 0 spiro atoms. The topological polar surface area (TPSA) is 127 Å². The van der Waals surface area contributed by atoms with Crippen LogP contribution >= 0.6 is 0 Å². The second-order valence-electron chi connectivity index (χ2n) is 10.3. The molecule has 0 saturated heterocycles. The Hall–Kier alpha value is -3.85. The zero-order chi connectivity index (χ0) is 25.9. The number of nitrogens with one attached hydrogen (secondary N) is 2. The van der Waals surface area contributed by atoms with Gasteiger partial charge in [0.15, 0.2) is 0 Å². The van der Waals surface area contributed by atoms with Crippen molar-refractivity contribution in [1.29, 1.82) is 0 Å². The molecular weight excluding hydrogens is 452 g/mol. The van der Waals surface area contributed by atoms with Crippen molar-refractivity contribution in [2.45, 2.75) is 58.0 Å². The van der Waals surface area contributed by atoms with E-state index in [4.69, 9.17) is 11.6 Å². The van der Waals surface area contributed by atoms with Crippen LogP contribution in [0.4, 0.5) is 11.5 Å². The van der Waals surface area contributed by atoms with Crippen LogP contribution in [0.3, 0.4) is 0 Å². The number of rotatable bonds is 6. The molecular formula is C27H36N8O. The van der Waals surface area contributed by atoms with Crippen molar-refractivity contribution >= 4 is 17.4 Å².